The molecule has 2 aliphatic rings. The zero-order chi connectivity index (χ0) is 25.0. The number of benzene rings is 2. The molecule has 2 aliphatic heterocycles. The minimum Gasteiger partial charge on any atom is -0.384 e. The first-order valence-electron chi connectivity index (χ1n) is 13.2. The minimum atomic E-state index is -1.28. The van der Waals surface area contributed by atoms with Crippen molar-refractivity contribution in [1.29, 1.82) is 0 Å². The summed E-state index contributed by atoms with van der Waals surface area (Å²) in [6, 6.07) is 17.8. The fourth-order valence-corrected chi connectivity index (χ4v) is 6.40. The second-order valence-electron chi connectivity index (χ2n) is 11.6. The van der Waals surface area contributed by atoms with Crippen molar-refractivity contribution in [2.45, 2.75) is 51.5 Å². The third-order valence-corrected chi connectivity index (χ3v) is 7.92. The molecule has 6 heteroatoms. The number of nitrogens with one attached hydrogen (secondary N) is 2. The SMILES string of the molecule is COCC1CN(Cc2cc3cc([C@@H]4c5[nH]c6ccccc6c5C[C@@H](C)N4CC(C)(C)F)ccc3[nH]2)C1.[HH].[HH]. The van der Waals surface area contributed by atoms with Crippen LogP contribution < -0.4 is 0 Å². The van der Waals surface area contributed by atoms with Gasteiger partial charge in [-0.15, -0.1) is 0 Å². The van der Waals surface area contributed by atoms with Gasteiger partial charge in [0, 0.05) is 81.3 Å². The van der Waals surface area contributed by atoms with Gasteiger partial charge in [0.2, 0.25) is 0 Å². The zero-order valence-corrected chi connectivity index (χ0v) is 21.8. The highest BCUT2D eigenvalue weighted by Gasteiger charge is 2.38. The number of aromatic nitrogens is 2. The molecule has 4 heterocycles. The molecule has 1 saturated heterocycles. The Labute approximate surface area is 215 Å². The molecule has 4 aromatic rings. The molecule has 1 fully saturated rings. The van der Waals surface area contributed by atoms with Crippen LogP contribution in [0.3, 0.4) is 0 Å². The van der Waals surface area contributed by atoms with Crippen molar-refractivity contribution in [3.05, 3.63) is 71.0 Å². The van der Waals surface area contributed by atoms with Crippen LogP contribution in [0.25, 0.3) is 21.8 Å². The monoisotopic (exact) mass is 492 g/mol. The van der Waals surface area contributed by atoms with Gasteiger partial charge in [-0.05, 0) is 62.6 Å². The molecule has 0 aliphatic carbocycles. The molecule has 0 bridgehead atoms. The van der Waals surface area contributed by atoms with Crippen LogP contribution in [-0.4, -0.2) is 64.8 Å². The smallest absolute Gasteiger partial charge is 0.118 e. The summed E-state index contributed by atoms with van der Waals surface area (Å²) in [6.07, 6.45) is 0.919. The number of aromatic amines is 2. The number of para-hydroxylation sites is 1. The number of rotatable bonds is 7. The van der Waals surface area contributed by atoms with Crippen molar-refractivity contribution in [3.8, 4) is 0 Å². The molecule has 6 rings (SSSR count). The number of H-pyrrole nitrogens is 2. The number of fused-ring (bicyclic) bond motifs is 4. The molecule has 0 unspecified atom stereocenters. The van der Waals surface area contributed by atoms with E-state index in [0.717, 1.165) is 43.7 Å². The summed E-state index contributed by atoms with van der Waals surface area (Å²) in [5.41, 5.74) is 6.06. The minimum absolute atomic E-state index is 0. The van der Waals surface area contributed by atoms with Crippen LogP contribution in [0.15, 0.2) is 48.5 Å². The van der Waals surface area contributed by atoms with Gasteiger partial charge in [0.15, 0.2) is 0 Å². The van der Waals surface area contributed by atoms with Gasteiger partial charge in [-0.3, -0.25) is 9.80 Å². The molecule has 2 N–H and O–H groups in total. The molecule has 5 nitrogen and oxygen atoms in total. The highest BCUT2D eigenvalue weighted by Crippen LogP contribution is 2.42. The average molecular weight is 493 g/mol. The summed E-state index contributed by atoms with van der Waals surface area (Å²) in [5, 5.41) is 2.50. The van der Waals surface area contributed by atoms with Gasteiger partial charge >= 0.3 is 0 Å². The zero-order valence-electron chi connectivity index (χ0n) is 21.8. The molecule has 2 aromatic carbocycles. The number of hydrogen-bond donors (Lipinski definition) is 2. The number of ether oxygens (including phenoxy) is 1. The summed E-state index contributed by atoms with van der Waals surface area (Å²) in [4.78, 5) is 12.1. The summed E-state index contributed by atoms with van der Waals surface area (Å²) >= 11 is 0. The van der Waals surface area contributed by atoms with E-state index in [1.807, 2.05) is 0 Å². The molecule has 2 atom stereocenters. The van der Waals surface area contributed by atoms with Gasteiger partial charge in [0.25, 0.3) is 0 Å². The van der Waals surface area contributed by atoms with E-state index in [-0.39, 0.29) is 14.9 Å². The lowest BCUT2D eigenvalue weighted by molar-refractivity contribution is 0.0287. The van der Waals surface area contributed by atoms with Gasteiger partial charge in [-0.2, -0.15) is 0 Å². The first kappa shape index (κ1) is 23.7. The van der Waals surface area contributed by atoms with E-state index in [2.05, 4.69) is 75.2 Å². The largest absolute Gasteiger partial charge is 0.384 e. The highest BCUT2D eigenvalue weighted by molar-refractivity contribution is 5.86. The predicted octanol–water partition coefficient (Wildman–Crippen LogP) is 6.30. The molecular formula is C30H41FN4O. The van der Waals surface area contributed by atoms with Crippen molar-refractivity contribution in [2.75, 3.05) is 33.4 Å². The van der Waals surface area contributed by atoms with E-state index >= 15 is 4.39 Å². The van der Waals surface area contributed by atoms with E-state index < -0.39 is 5.67 Å². The fraction of sp³-hybridized carbons (Fsp3) is 0.467. The number of halogens is 1. The van der Waals surface area contributed by atoms with E-state index in [0.29, 0.717) is 12.5 Å². The van der Waals surface area contributed by atoms with Gasteiger partial charge in [-0.25, -0.2) is 4.39 Å². The van der Waals surface area contributed by atoms with E-state index in [4.69, 9.17) is 4.74 Å². The first-order chi connectivity index (χ1) is 17.3. The van der Waals surface area contributed by atoms with Gasteiger partial charge in [-0.1, -0.05) is 24.3 Å². The van der Waals surface area contributed by atoms with E-state index in [1.165, 1.54) is 33.3 Å². The Bertz CT molecular complexity index is 1390. The Morgan fingerprint density at radius 3 is 2.67 bits per heavy atom. The lowest BCUT2D eigenvalue weighted by atomic mass is 9.87. The normalized spacial score (nSPS) is 21.8. The van der Waals surface area contributed by atoms with Crippen LogP contribution in [0.1, 0.15) is 52.2 Å². The standard InChI is InChI=1S/C30H37FN4O.2H2/c1-19-11-25-24-7-5-6-8-27(24)33-28(25)29(35(19)18-30(2,3)31)21-9-10-26-22(12-21)13-23(32-26)16-34-14-20(15-34)17-36-4;;/h5-10,12-13,19-20,29,32-33H,11,14-18H2,1-4H3;2*1H/t19-,29-;;/m1../s1. The maximum absolute atomic E-state index is 15.0. The lowest BCUT2D eigenvalue weighted by Gasteiger charge is -2.43. The van der Waals surface area contributed by atoms with Crippen LogP contribution in [0.4, 0.5) is 4.39 Å². The fourth-order valence-electron chi connectivity index (χ4n) is 6.40. The predicted molar refractivity (Wildman–Crippen MR) is 148 cm³/mol. The maximum Gasteiger partial charge on any atom is 0.118 e. The Hall–Kier alpha value is -2.67. The van der Waals surface area contributed by atoms with Crippen molar-refractivity contribution in [2.24, 2.45) is 5.92 Å². The van der Waals surface area contributed by atoms with Crippen molar-refractivity contribution in [1.82, 2.24) is 19.8 Å². The lowest BCUT2D eigenvalue weighted by Crippen LogP contribution is -2.47. The Balaban J connectivity index is 0.00000168. The molecule has 194 valence electrons. The number of hydrogen-bond acceptors (Lipinski definition) is 3. The number of likely N-dealkylation sites (tertiary alicyclic amines) is 1. The summed E-state index contributed by atoms with van der Waals surface area (Å²) < 4.78 is 20.3. The van der Waals surface area contributed by atoms with Crippen LogP contribution in [-0.2, 0) is 17.7 Å². The molecule has 0 saturated carbocycles. The molecule has 2 aromatic heterocycles. The highest BCUT2D eigenvalue weighted by atomic mass is 19.1. The number of alkyl halides is 1. The summed E-state index contributed by atoms with van der Waals surface area (Å²) in [6.45, 7) is 9.95. The van der Waals surface area contributed by atoms with E-state index in [9.17, 15) is 0 Å². The summed E-state index contributed by atoms with van der Waals surface area (Å²) in [5.74, 6) is 0.649. The molecular weight excluding hydrogens is 451 g/mol. The second kappa shape index (κ2) is 9.02. The van der Waals surface area contributed by atoms with Crippen molar-refractivity contribution >= 4 is 21.8 Å². The van der Waals surface area contributed by atoms with Gasteiger partial charge in [0.1, 0.15) is 5.67 Å². The molecule has 36 heavy (non-hydrogen) atoms. The van der Waals surface area contributed by atoms with E-state index in [1.54, 1.807) is 21.0 Å². The topological polar surface area (TPSA) is 47.3 Å². The Morgan fingerprint density at radius 2 is 1.89 bits per heavy atom. The number of methoxy groups -OCH3 is 1. The van der Waals surface area contributed by atoms with Crippen molar-refractivity contribution < 1.29 is 12.0 Å². The number of nitrogens with zero attached hydrogens (tertiary/aromatic N) is 2. The average Bonchev–Trinajstić information content (AvgIpc) is 3.37. The van der Waals surface area contributed by atoms with Crippen LogP contribution in [0.2, 0.25) is 0 Å². The van der Waals surface area contributed by atoms with Crippen LogP contribution in [0, 0.1) is 5.92 Å². The quantitative estimate of drug-likeness (QED) is 0.318. The van der Waals surface area contributed by atoms with Crippen molar-refractivity contribution in [3.63, 3.8) is 0 Å². The third-order valence-electron chi connectivity index (χ3n) is 7.92. The Morgan fingerprint density at radius 1 is 1.08 bits per heavy atom. The molecule has 0 amide bonds. The maximum atomic E-state index is 15.0. The third kappa shape index (κ3) is 4.36. The molecule has 0 radical (unpaired) electrons. The second-order valence-corrected chi connectivity index (χ2v) is 11.6. The Kier molecular flexibility index (Phi) is 5.94. The van der Waals surface area contributed by atoms with Crippen LogP contribution >= 0.6 is 0 Å². The molecule has 0 spiro atoms. The van der Waals surface area contributed by atoms with Gasteiger partial charge < -0.3 is 14.7 Å². The first-order valence-corrected chi connectivity index (χ1v) is 13.2. The summed E-state index contributed by atoms with van der Waals surface area (Å²) in [7, 11) is 1.78. The van der Waals surface area contributed by atoms with Gasteiger partial charge in [0.05, 0.1) is 12.6 Å². The van der Waals surface area contributed by atoms with Crippen LogP contribution in [0.5, 0.6) is 0 Å².